The molecular formula is C19H22O. The number of hydrogen-bond donors (Lipinski definition) is 0. The fraction of sp³-hybridized carbons (Fsp3) is 0.316. The number of benzene rings is 2. The van der Waals surface area contributed by atoms with Gasteiger partial charge in [0.1, 0.15) is 0 Å². The van der Waals surface area contributed by atoms with Crippen molar-refractivity contribution in [2.45, 2.75) is 39.0 Å². The van der Waals surface area contributed by atoms with Crippen LogP contribution in [-0.4, -0.2) is 5.78 Å². The number of hydrogen-bond acceptors (Lipinski definition) is 1. The van der Waals surface area contributed by atoms with Crippen molar-refractivity contribution in [1.82, 2.24) is 0 Å². The first kappa shape index (κ1) is 14.5. The van der Waals surface area contributed by atoms with Crippen LogP contribution in [0.1, 0.15) is 48.7 Å². The first-order valence-corrected chi connectivity index (χ1v) is 7.14. The zero-order valence-electron chi connectivity index (χ0n) is 12.5. The molecule has 0 aliphatic carbocycles. The molecule has 0 aliphatic heterocycles. The monoisotopic (exact) mass is 266 g/mol. The molecule has 0 spiro atoms. The number of carbonyl (C=O) groups is 1. The molecule has 0 radical (unpaired) electrons. The van der Waals surface area contributed by atoms with Crippen LogP contribution < -0.4 is 0 Å². The zero-order chi connectivity index (χ0) is 14.6. The molecule has 0 aliphatic rings. The lowest BCUT2D eigenvalue weighted by molar-refractivity contribution is 0.0983. The van der Waals surface area contributed by atoms with Gasteiger partial charge in [-0.05, 0) is 23.0 Å². The van der Waals surface area contributed by atoms with Gasteiger partial charge in [-0.15, -0.1) is 0 Å². The molecule has 1 nitrogen and oxygen atoms in total. The van der Waals surface area contributed by atoms with E-state index < -0.39 is 0 Å². The lowest BCUT2D eigenvalue weighted by Crippen LogP contribution is -2.11. The minimum absolute atomic E-state index is 0.152. The summed E-state index contributed by atoms with van der Waals surface area (Å²) in [5.74, 6) is 0.215. The van der Waals surface area contributed by atoms with E-state index in [-0.39, 0.29) is 11.2 Å². The summed E-state index contributed by atoms with van der Waals surface area (Å²) in [6.45, 7) is 6.63. The number of rotatable bonds is 4. The van der Waals surface area contributed by atoms with Gasteiger partial charge in [0.2, 0.25) is 0 Å². The smallest absolute Gasteiger partial charge is 0.163 e. The van der Waals surface area contributed by atoms with Crippen LogP contribution in [0.3, 0.4) is 0 Å². The highest BCUT2D eigenvalue weighted by atomic mass is 16.1. The van der Waals surface area contributed by atoms with Gasteiger partial charge in [0.25, 0.3) is 0 Å². The maximum atomic E-state index is 12.1. The fourth-order valence-electron chi connectivity index (χ4n) is 2.22. The molecule has 0 saturated carbocycles. The zero-order valence-corrected chi connectivity index (χ0v) is 12.5. The predicted octanol–water partition coefficient (Wildman–Crippen LogP) is 4.80. The van der Waals surface area contributed by atoms with Crippen molar-refractivity contribution in [3.8, 4) is 0 Å². The van der Waals surface area contributed by atoms with Gasteiger partial charge in [0.05, 0.1) is 0 Å². The summed E-state index contributed by atoms with van der Waals surface area (Å²) in [4.78, 5) is 12.1. The Hall–Kier alpha value is -1.89. The lowest BCUT2D eigenvalue weighted by atomic mass is 9.85. The molecule has 2 aromatic carbocycles. The summed E-state index contributed by atoms with van der Waals surface area (Å²) in [7, 11) is 0. The Morgan fingerprint density at radius 2 is 1.65 bits per heavy atom. The number of carbonyl (C=O) groups excluding carboxylic acids is 1. The maximum Gasteiger partial charge on any atom is 0.163 e. The quantitative estimate of drug-likeness (QED) is 0.726. The van der Waals surface area contributed by atoms with Crippen molar-refractivity contribution in [3.05, 3.63) is 71.3 Å². The Labute approximate surface area is 121 Å². The molecule has 20 heavy (non-hydrogen) atoms. The van der Waals surface area contributed by atoms with E-state index in [4.69, 9.17) is 0 Å². The molecule has 0 heterocycles. The van der Waals surface area contributed by atoms with Gasteiger partial charge in [0.15, 0.2) is 5.78 Å². The van der Waals surface area contributed by atoms with Gasteiger partial charge < -0.3 is 0 Å². The third-order valence-electron chi connectivity index (χ3n) is 3.53. The van der Waals surface area contributed by atoms with E-state index in [2.05, 4.69) is 45.0 Å². The van der Waals surface area contributed by atoms with Crippen molar-refractivity contribution in [2.75, 3.05) is 0 Å². The van der Waals surface area contributed by atoms with Crippen molar-refractivity contribution in [1.29, 1.82) is 0 Å². The van der Waals surface area contributed by atoms with E-state index >= 15 is 0 Å². The molecule has 0 unspecified atom stereocenters. The van der Waals surface area contributed by atoms with E-state index in [1.807, 2.05) is 30.3 Å². The van der Waals surface area contributed by atoms with Crippen molar-refractivity contribution in [3.63, 3.8) is 0 Å². The third-order valence-corrected chi connectivity index (χ3v) is 3.53. The molecular weight excluding hydrogens is 244 g/mol. The lowest BCUT2D eigenvalue weighted by Gasteiger charge is -2.19. The second-order valence-electron chi connectivity index (χ2n) is 6.24. The van der Waals surface area contributed by atoms with Crippen LogP contribution in [0.5, 0.6) is 0 Å². The average molecular weight is 266 g/mol. The number of Topliss-reactive ketones (excluding diaryl/α,β-unsaturated/α-hetero) is 1. The van der Waals surface area contributed by atoms with Crippen LogP contribution in [0.15, 0.2) is 54.6 Å². The van der Waals surface area contributed by atoms with Crippen molar-refractivity contribution in [2.24, 2.45) is 0 Å². The van der Waals surface area contributed by atoms with Crippen LogP contribution in [-0.2, 0) is 11.8 Å². The van der Waals surface area contributed by atoms with Crippen LogP contribution in [0.2, 0.25) is 0 Å². The normalized spacial score (nSPS) is 11.3. The largest absolute Gasteiger partial charge is 0.294 e. The summed E-state index contributed by atoms with van der Waals surface area (Å²) in [6, 6.07) is 18.1. The summed E-state index contributed by atoms with van der Waals surface area (Å²) in [5.41, 5.74) is 3.52. The summed E-state index contributed by atoms with van der Waals surface area (Å²) in [6.07, 6.45) is 1.37. The Morgan fingerprint density at radius 3 is 2.30 bits per heavy atom. The predicted molar refractivity (Wildman–Crippen MR) is 84.2 cm³/mol. The van der Waals surface area contributed by atoms with Gasteiger partial charge in [-0.25, -0.2) is 0 Å². The van der Waals surface area contributed by atoms with Crippen LogP contribution in [0.4, 0.5) is 0 Å². The SMILES string of the molecule is CC(C)(C)c1cccc(CCC(=O)c2ccccc2)c1. The molecule has 0 atom stereocenters. The van der Waals surface area contributed by atoms with Crippen molar-refractivity contribution >= 4 is 5.78 Å². The van der Waals surface area contributed by atoms with Crippen LogP contribution in [0.25, 0.3) is 0 Å². The molecule has 1 heteroatoms. The molecule has 2 rings (SSSR count). The van der Waals surface area contributed by atoms with Crippen LogP contribution >= 0.6 is 0 Å². The topological polar surface area (TPSA) is 17.1 Å². The molecule has 104 valence electrons. The second kappa shape index (κ2) is 6.04. The average Bonchev–Trinajstić information content (AvgIpc) is 2.45. The molecule has 0 bridgehead atoms. The van der Waals surface area contributed by atoms with Gasteiger partial charge in [0, 0.05) is 12.0 Å². The standard InChI is InChI=1S/C19H22O/c1-19(2,3)17-11-7-8-15(14-17)12-13-18(20)16-9-5-4-6-10-16/h4-11,14H,12-13H2,1-3H3. The van der Waals surface area contributed by atoms with E-state index in [1.54, 1.807) is 0 Å². The summed E-state index contributed by atoms with van der Waals surface area (Å²) < 4.78 is 0. The van der Waals surface area contributed by atoms with E-state index in [0.717, 1.165) is 12.0 Å². The number of ketones is 1. The van der Waals surface area contributed by atoms with Crippen molar-refractivity contribution < 1.29 is 4.79 Å². The van der Waals surface area contributed by atoms with Gasteiger partial charge >= 0.3 is 0 Å². The molecule has 0 aromatic heterocycles. The molecule has 0 amide bonds. The summed E-state index contributed by atoms with van der Waals surface area (Å²) >= 11 is 0. The highest BCUT2D eigenvalue weighted by Gasteiger charge is 2.14. The van der Waals surface area contributed by atoms with Gasteiger partial charge in [-0.2, -0.15) is 0 Å². The Bertz CT molecular complexity index is 576. The fourth-order valence-corrected chi connectivity index (χ4v) is 2.22. The second-order valence-corrected chi connectivity index (χ2v) is 6.24. The maximum absolute atomic E-state index is 12.1. The Morgan fingerprint density at radius 1 is 0.950 bits per heavy atom. The van der Waals surface area contributed by atoms with Crippen LogP contribution in [0, 0.1) is 0 Å². The Balaban J connectivity index is 2.03. The summed E-state index contributed by atoms with van der Waals surface area (Å²) in [5, 5.41) is 0. The third kappa shape index (κ3) is 3.80. The van der Waals surface area contributed by atoms with E-state index in [1.165, 1.54) is 11.1 Å². The minimum atomic E-state index is 0.152. The number of aryl methyl sites for hydroxylation is 1. The molecule has 2 aromatic rings. The Kier molecular flexibility index (Phi) is 4.39. The van der Waals surface area contributed by atoms with Gasteiger partial charge in [-0.3, -0.25) is 4.79 Å². The highest BCUT2D eigenvalue weighted by molar-refractivity contribution is 5.96. The first-order valence-electron chi connectivity index (χ1n) is 7.14. The highest BCUT2D eigenvalue weighted by Crippen LogP contribution is 2.23. The molecule has 0 fully saturated rings. The van der Waals surface area contributed by atoms with E-state index in [9.17, 15) is 4.79 Å². The van der Waals surface area contributed by atoms with E-state index in [0.29, 0.717) is 6.42 Å². The molecule has 0 saturated heterocycles. The first-order chi connectivity index (χ1) is 9.47. The van der Waals surface area contributed by atoms with Gasteiger partial charge in [-0.1, -0.05) is 75.4 Å². The molecule has 0 N–H and O–H groups in total. The minimum Gasteiger partial charge on any atom is -0.294 e.